The van der Waals surface area contributed by atoms with Gasteiger partial charge in [0.25, 0.3) is 0 Å². The van der Waals surface area contributed by atoms with Gasteiger partial charge in [0, 0.05) is 16.5 Å². The second-order valence-corrected chi connectivity index (χ2v) is 3.79. The lowest BCUT2D eigenvalue weighted by atomic mass is 10.1. The number of aromatic hydroxyl groups is 1. The van der Waals surface area contributed by atoms with Gasteiger partial charge in [-0.2, -0.15) is 13.2 Å². The first-order chi connectivity index (χ1) is 6.80. The lowest BCUT2D eigenvalue weighted by Gasteiger charge is -2.06. The van der Waals surface area contributed by atoms with Crippen molar-refractivity contribution < 1.29 is 23.1 Å². The molecule has 0 aliphatic rings. The molecular weight excluding hydrogens is 277 g/mol. The molecule has 0 radical (unpaired) electrons. The van der Waals surface area contributed by atoms with Gasteiger partial charge >= 0.3 is 6.18 Å². The van der Waals surface area contributed by atoms with Crippen molar-refractivity contribution in [3.8, 4) is 5.75 Å². The molecule has 0 aliphatic heterocycles. The summed E-state index contributed by atoms with van der Waals surface area (Å²) in [7, 11) is 0. The van der Waals surface area contributed by atoms with Crippen LogP contribution in [-0.4, -0.2) is 17.1 Å². The highest BCUT2D eigenvalue weighted by Gasteiger charge is 2.38. The van der Waals surface area contributed by atoms with Crippen LogP contribution in [0.15, 0.2) is 22.7 Å². The second kappa shape index (κ2) is 4.22. The van der Waals surface area contributed by atoms with E-state index >= 15 is 0 Å². The van der Waals surface area contributed by atoms with E-state index in [2.05, 4.69) is 15.9 Å². The van der Waals surface area contributed by atoms with Gasteiger partial charge in [-0.15, -0.1) is 0 Å². The quantitative estimate of drug-likeness (QED) is 0.906. The van der Waals surface area contributed by atoms with Crippen molar-refractivity contribution in [2.75, 3.05) is 0 Å². The molecule has 1 rings (SSSR count). The summed E-state index contributed by atoms with van der Waals surface area (Å²) >= 11 is 3.03. The summed E-state index contributed by atoms with van der Waals surface area (Å²) in [4.78, 5) is 10.6. The van der Waals surface area contributed by atoms with E-state index in [1.54, 1.807) is 0 Å². The minimum atomic E-state index is -4.86. The normalized spacial score (nSPS) is 11.5. The zero-order chi connectivity index (χ0) is 11.6. The molecule has 0 spiro atoms. The molecule has 6 heteroatoms. The van der Waals surface area contributed by atoms with E-state index in [9.17, 15) is 23.1 Å². The molecule has 82 valence electrons. The van der Waals surface area contributed by atoms with Crippen molar-refractivity contribution in [3.05, 3.63) is 28.2 Å². The van der Waals surface area contributed by atoms with E-state index in [1.165, 1.54) is 18.2 Å². The summed E-state index contributed by atoms with van der Waals surface area (Å²) in [5.41, 5.74) is -0.0412. The van der Waals surface area contributed by atoms with Crippen molar-refractivity contribution in [2.45, 2.75) is 12.6 Å². The fraction of sp³-hybridized carbons (Fsp3) is 0.222. The van der Waals surface area contributed by atoms with Gasteiger partial charge in [0.2, 0.25) is 5.78 Å². The Kier molecular flexibility index (Phi) is 3.38. The van der Waals surface area contributed by atoms with Crippen LogP contribution in [0.3, 0.4) is 0 Å². The smallest absolute Gasteiger partial charge is 0.450 e. The number of hydrogen-bond acceptors (Lipinski definition) is 2. The lowest BCUT2D eigenvalue weighted by Crippen LogP contribution is -2.24. The van der Waals surface area contributed by atoms with Gasteiger partial charge in [-0.05, 0) is 12.1 Å². The Balaban J connectivity index is 2.87. The SMILES string of the molecule is O=C(Cc1ccc(Br)cc1O)C(F)(F)F. The molecule has 1 aromatic rings. The summed E-state index contributed by atoms with van der Waals surface area (Å²) in [6.07, 6.45) is -5.71. The van der Waals surface area contributed by atoms with Gasteiger partial charge in [-0.1, -0.05) is 22.0 Å². The standard InChI is InChI=1S/C9H6BrF3O2/c10-6-2-1-5(7(14)4-6)3-8(15)9(11,12)13/h1-2,4,14H,3H2. The molecule has 1 aromatic carbocycles. The zero-order valence-electron chi connectivity index (χ0n) is 7.31. The van der Waals surface area contributed by atoms with Crippen molar-refractivity contribution in [3.63, 3.8) is 0 Å². The molecule has 0 amide bonds. The van der Waals surface area contributed by atoms with Crippen molar-refractivity contribution in [1.29, 1.82) is 0 Å². The average molecular weight is 283 g/mol. The van der Waals surface area contributed by atoms with Crippen molar-refractivity contribution in [1.82, 2.24) is 0 Å². The van der Waals surface area contributed by atoms with Crippen LogP contribution in [0.5, 0.6) is 5.75 Å². The highest BCUT2D eigenvalue weighted by molar-refractivity contribution is 9.10. The van der Waals surface area contributed by atoms with Crippen LogP contribution in [0.1, 0.15) is 5.56 Å². The number of phenols is 1. The fourth-order valence-electron chi connectivity index (χ4n) is 0.960. The van der Waals surface area contributed by atoms with Crippen LogP contribution in [0.4, 0.5) is 13.2 Å². The summed E-state index contributed by atoms with van der Waals surface area (Å²) in [6.45, 7) is 0. The number of benzene rings is 1. The van der Waals surface area contributed by atoms with E-state index in [4.69, 9.17) is 0 Å². The number of phenolic OH excluding ortho intramolecular Hbond substituents is 1. The Morgan fingerprint density at radius 1 is 1.40 bits per heavy atom. The third kappa shape index (κ3) is 3.23. The van der Waals surface area contributed by atoms with Crippen LogP contribution in [0.25, 0.3) is 0 Å². The maximum Gasteiger partial charge on any atom is 0.450 e. The zero-order valence-corrected chi connectivity index (χ0v) is 8.89. The predicted molar refractivity (Wildman–Crippen MR) is 50.6 cm³/mol. The molecule has 0 unspecified atom stereocenters. The van der Waals surface area contributed by atoms with Crippen LogP contribution in [0, 0.1) is 0 Å². The summed E-state index contributed by atoms with van der Waals surface area (Å²) in [5, 5.41) is 9.26. The van der Waals surface area contributed by atoms with E-state index in [0.29, 0.717) is 4.47 Å². The van der Waals surface area contributed by atoms with E-state index in [1.807, 2.05) is 0 Å². The monoisotopic (exact) mass is 282 g/mol. The summed E-state index contributed by atoms with van der Waals surface area (Å²) < 4.78 is 36.2. The van der Waals surface area contributed by atoms with Gasteiger partial charge < -0.3 is 5.11 Å². The van der Waals surface area contributed by atoms with Crippen molar-refractivity contribution in [2.24, 2.45) is 0 Å². The van der Waals surface area contributed by atoms with Crippen molar-refractivity contribution >= 4 is 21.7 Å². The van der Waals surface area contributed by atoms with Gasteiger partial charge in [0.1, 0.15) is 5.75 Å². The minimum Gasteiger partial charge on any atom is -0.508 e. The van der Waals surface area contributed by atoms with Crippen LogP contribution in [-0.2, 0) is 11.2 Å². The molecule has 0 bridgehead atoms. The summed E-state index contributed by atoms with van der Waals surface area (Å²) in [6, 6.07) is 3.96. The van der Waals surface area contributed by atoms with Gasteiger partial charge in [-0.3, -0.25) is 4.79 Å². The number of halogens is 4. The third-order valence-corrected chi connectivity index (χ3v) is 2.21. The Bertz CT molecular complexity index is 387. The molecule has 0 saturated carbocycles. The molecule has 0 fully saturated rings. The van der Waals surface area contributed by atoms with E-state index < -0.39 is 18.4 Å². The van der Waals surface area contributed by atoms with Gasteiger partial charge in [0.05, 0.1) is 0 Å². The van der Waals surface area contributed by atoms with E-state index in [0.717, 1.165) is 0 Å². The van der Waals surface area contributed by atoms with Crippen LogP contribution >= 0.6 is 15.9 Å². The number of alkyl halides is 3. The number of ketones is 1. The number of hydrogen-bond donors (Lipinski definition) is 1. The molecule has 0 atom stereocenters. The lowest BCUT2D eigenvalue weighted by molar-refractivity contribution is -0.170. The highest BCUT2D eigenvalue weighted by Crippen LogP contribution is 2.25. The number of rotatable bonds is 2. The molecule has 0 saturated heterocycles. The predicted octanol–water partition coefficient (Wildman–Crippen LogP) is 2.83. The number of carbonyl (C=O) groups is 1. The number of carbonyl (C=O) groups excluding carboxylic acids is 1. The average Bonchev–Trinajstić information content (AvgIpc) is 2.08. The maximum atomic E-state index is 11.9. The van der Waals surface area contributed by atoms with Gasteiger partial charge in [-0.25, -0.2) is 0 Å². The first kappa shape index (κ1) is 12.0. The molecule has 2 nitrogen and oxygen atoms in total. The topological polar surface area (TPSA) is 37.3 Å². The Labute approximate surface area is 91.8 Å². The molecule has 0 aromatic heterocycles. The Morgan fingerprint density at radius 2 is 2.00 bits per heavy atom. The minimum absolute atomic E-state index is 0.0412. The first-order valence-electron chi connectivity index (χ1n) is 3.88. The molecule has 1 N–H and O–H groups in total. The Morgan fingerprint density at radius 3 is 2.47 bits per heavy atom. The molecule has 15 heavy (non-hydrogen) atoms. The largest absolute Gasteiger partial charge is 0.508 e. The van der Waals surface area contributed by atoms with Gasteiger partial charge in [0.15, 0.2) is 0 Å². The first-order valence-corrected chi connectivity index (χ1v) is 4.67. The fourth-order valence-corrected chi connectivity index (χ4v) is 1.31. The molecule has 0 aliphatic carbocycles. The third-order valence-electron chi connectivity index (χ3n) is 1.71. The van der Waals surface area contributed by atoms with Crippen LogP contribution < -0.4 is 0 Å². The van der Waals surface area contributed by atoms with Crippen LogP contribution in [0.2, 0.25) is 0 Å². The molecule has 0 heterocycles. The molecular formula is C9H6BrF3O2. The summed E-state index contributed by atoms with van der Waals surface area (Å²) in [5.74, 6) is -2.21. The van der Waals surface area contributed by atoms with E-state index in [-0.39, 0.29) is 11.3 Å². The highest BCUT2D eigenvalue weighted by atomic mass is 79.9. The maximum absolute atomic E-state index is 11.9. The number of Topliss-reactive ketones (excluding diaryl/α,β-unsaturated/α-hetero) is 1. The Hall–Kier alpha value is -1.04. The second-order valence-electron chi connectivity index (χ2n) is 2.87.